The van der Waals surface area contributed by atoms with Crippen molar-refractivity contribution in [3.8, 4) is 5.75 Å². The van der Waals surface area contributed by atoms with Crippen LogP contribution in [0.3, 0.4) is 0 Å². The summed E-state index contributed by atoms with van der Waals surface area (Å²) in [6, 6.07) is 7.31. The molecule has 0 saturated carbocycles. The molecule has 4 heterocycles. The molecule has 4 saturated heterocycles. The summed E-state index contributed by atoms with van der Waals surface area (Å²) in [7, 11) is 6.68. The highest BCUT2D eigenvalue weighted by atomic mass is 32.2. The number of cyclic esters (lactones) is 1. The Balaban J connectivity index is 1.66. The van der Waals surface area contributed by atoms with E-state index in [-0.39, 0.29) is 37.2 Å². The van der Waals surface area contributed by atoms with Crippen LogP contribution in [0.4, 0.5) is 0 Å². The van der Waals surface area contributed by atoms with Crippen molar-refractivity contribution in [1.82, 2.24) is 4.90 Å². The lowest BCUT2D eigenvalue weighted by molar-refractivity contribution is -0.320. The number of carbonyl (C=O) groups excluding carboxylic acids is 4. The highest BCUT2D eigenvalue weighted by Crippen LogP contribution is 2.50. The van der Waals surface area contributed by atoms with E-state index in [1.165, 1.54) is 25.8 Å². The van der Waals surface area contributed by atoms with Crippen LogP contribution in [0.15, 0.2) is 24.3 Å². The number of rotatable bonds is 15. The maximum Gasteiger partial charge on any atom is 0.320 e. The van der Waals surface area contributed by atoms with Crippen LogP contribution in [0.25, 0.3) is 0 Å². The molecule has 0 spiro atoms. The van der Waals surface area contributed by atoms with Gasteiger partial charge in [0.05, 0.1) is 54.7 Å². The van der Waals surface area contributed by atoms with Crippen molar-refractivity contribution in [2.75, 3.05) is 34.9 Å². The minimum Gasteiger partial charge on any atom is -0.497 e. The second-order valence-corrected chi connectivity index (χ2v) is 22.8. The SMILES string of the molecule is CC[C@H]1OC(=O)[C@H](C)[C@@H](O[C@H]2C[C@@](C)(OC)[C@@H](O)[C@H](C)O2)[C@H](C)[C@@H](O[C@@H]2O[C@H](C)C[C@H](N(C)CC(C)C)[C@H]2OC(C)=O)[C@](C)(OC)C[C@@H](C)C(=O)[C@H](C)[C@H]2C(SCc3ccc(OC)cc3)C(=O)O[C@@]21C. The molecule has 4 fully saturated rings. The summed E-state index contributed by atoms with van der Waals surface area (Å²) in [5.74, 6) is -4.18. The van der Waals surface area contributed by atoms with Crippen LogP contribution in [-0.2, 0) is 67.6 Å². The van der Waals surface area contributed by atoms with Crippen LogP contribution >= 0.6 is 11.8 Å². The number of aliphatic hydroxyl groups is 1. The quantitative estimate of drug-likeness (QED) is 0.138. The highest BCUT2D eigenvalue weighted by molar-refractivity contribution is 7.99. The molecule has 70 heavy (non-hydrogen) atoms. The number of benzene rings is 1. The lowest BCUT2D eigenvalue weighted by Gasteiger charge is -2.50. The largest absolute Gasteiger partial charge is 0.497 e. The van der Waals surface area contributed by atoms with E-state index >= 15 is 9.59 Å². The molecule has 0 aliphatic carbocycles. The van der Waals surface area contributed by atoms with Gasteiger partial charge in [-0.25, -0.2) is 0 Å². The number of hydrogen-bond donors (Lipinski definition) is 1. The monoisotopic (exact) mass is 1010 g/mol. The van der Waals surface area contributed by atoms with Gasteiger partial charge in [-0.2, -0.15) is 0 Å². The lowest BCUT2D eigenvalue weighted by Crippen LogP contribution is -2.62. The molecule has 19 atom stereocenters. The Hall–Kier alpha value is -2.87. The molecule has 17 heteroatoms. The normalized spacial score (nSPS) is 41.1. The van der Waals surface area contributed by atoms with Crippen LogP contribution in [0.1, 0.15) is 121 Å². The summed E-state index contributed by atoms with van der Waals surface area (Å²) in [5, 5.41) is 10.4. The summed E-state index contributed by atoms with van der Waals surface area (Å²) in [6.07, 6.45) is -6.89. The Morgan fingerprint density at radius 1 is 0.886 bits per heavy atom. The number of nitrogens with zero attached hydrogens (tertiary/aromatic N) is 1. The van der Waals surface area contributed by atoms with Crippen molar-refractivity contribution in [3.63, 3.8) is 0 Å². The molecule has 1 aromatic rings. The molecule has 1 aromatic carbocycles. The van der Waals surface area contributed by atoms with Crippen LogP contribution < -0.4 is 4.74 Å². The predicted molar refractivity (Wildman–Crippen MR) is 264 cm³/mol. The Morgan fingerprint density at radius 3 is 2.10 bits per heavy atom. The molecule has 1 unspecified atom stereocenters. The Labute approximate surface area is 421 Å². The Morgan fingerprint density at radius 2 is 1.53 bits per heavy atom. The third kappa shape index (κ3) is 12.7. The zero-order valence-electron chi connectivity index (χ0n) is 44.9. The first kappa shape index (κ1) is 58.0. The highest BCUT2D eigenvalue weighted by Gasteiger charge is 2.62. The summed E-state index contributed by atoms with van der Waals surface area (Å²) >= 11 is 1.40. The fraction of sp³-hybridized carbons (Fsp3) is 0.811. The van der Waals surface area contributed by atoms with E-state index in [0.717, 1.165) is 12.1 Å². The average molecular weight is 1010 g/mol. The van der Waals surface area contributed by atoms with Gasteiger partial charge in [-0.3, -0.25) is 24.1 Å². The van der Waals surface area contributed by atoms with Crippen molar-refractivity contribution in [1.29, 1.82) is 0 Å². The maximum absolute atomic E-state index is 15.2. The maximum atomic E-state index is 15.2. The molecular weight excluding hydrogens is 923 g/mol. The van der Waals surface area contributed by atoms with E-state index < -0.39 is 119 Å². The van der Waals surface area contributed by atoms with Gasteiger partial charge < -0.3 is 52.5 Å². The zero-order valence-corrected chi connectivity index (χ0v) is 45.7. The molecule has 4 aliphatic heterocycles. The molecule has 4 aliphatic rings. The van der Waals surface area contributed by atoms with Crippen molar-refractivity contribution in [2.24, 2.45) is 35.5 Å². The van der Waals surface area contributed by atoms with Gasteiger partial charge in [0.1, 0.15) is 29.0 Å². The van der Waals surface area contributed by atoms with E-state index in [2.05, 4.69) is 18.7 Å². The second-order valence-electron chi connectivity index (χ2n) is 21.6. The number of thioether (sulfide) groups is 1. The number of esters is 3. The third-order valence-electron chi connectivity index (χ3n) is 15.7. The Bertz CT molecular complexity index is 1920. The van der Waals surface area contributed by atoms with Gasteiger partial charge in [-0.05, 0) is 91.5 Å². The predicted octanol–water partition coefficient (Wildman–Crippen LogP) is 7.17. The molecular formula is C53H85NO15S. The topological polar surface area (TPSA) is 184 Å². The summed E-state index contributed by atoms with van der Waals surface area (Å²) in [6.45, 7) is 24.6. The van der Waals surface area contributed by atoms with Gasteiger partial charge in [-0.15, -0.1) is 11.8 Å². The van der Waals surface area contributed by atoms with Crippen molar-refractivity contribution in [3.05, 3.63) is 29.8 Å². The van der Waals surface area contributed by atoms with Gasteiger partial charge in [0.2, 0.25) is 0 Å². The first-order valence-electron chi connectivity index (χ1n) is 25.3. The number of methoxy groups -OCH3 is 3. The van der Waals surface area contributed by atoms with E-state index in [9.17, 15) is 14.7 Å². The van der Waals surface area contributed by atoms with Crippen LogP contribution in [0, 0.1) is 35.5 Å². The van der Waals surface area contributed by atoms with Gasteiger partial charge in [0, 0.05) is 63.5 Å². The van der Waals surface area contributed by atoms with E-state index in [1.807, 2.05) is 72.9 Å². The fourth-order valence-corrected chi connectivity index (χ4v) is 13.2. The molecule has 5 rings (SSSR count). The average Bonchev–Trinajstić information content (AvgIpc) is 3.57. The van der Waals surface area contributed by atoms with Gasteiger partial charge in [0.25, 0.3) is 0 Å². The summed E-state index contributed by atoms with van der Waals surface area (Å²) in [5.41, 5.74) is -2.80. The van der Waals surface area contributed by atoms with Crippen molar-refractivity contribution in [2.45, 2.75) is 205 Å². The molecule has 0 bridgehead atoms. The first-order chi connectivity index (χ1) is 32.8. The number of carbonyl (C=O) groups is 4. The Kier molecular flexibility index (Phi) is 19.9. The standard InChI is InChI=1S/C53H85NO15S/c1-18-39-53(13)41(45(49(59)69-53)70-27-36-19-21-37(60-15)22-20-36)31(6)42(56)29(4)24-52(12,62-17)47(68-50-44(65-35(10)55)38(23-30(5)63-50)54(14)26-28(2)3)32(7)43(33(8)48(58)66-39)67-40-25-51(11,61-16)46(57)34(9)64-40/h19-22,28-34,38-41,43-47,50,57H,18,23-27H2,1-17H3/t29-,30-,31-,32+,33-,34+,38+,39-,40+,41+,43+,44-,45?,46+,47-,50+,51-,52-,53-/m1/s1. The van der Waals surface area contributed by atoms with Crippen molar-refractivity contribution >= 4 is 35.5 Å². The van der Waals surface area contributed by atoms with Gasteiger partial charge in [0.15, 0.2) is 24.3 Å². The number of likely N-dealkylation sites (N-methyl/N-ethyl adjacent to an activating group) is 1. The number of aliphatic hydroxyl groups excluding tert-OH is 1. The fourth-order valence-electron chi connectivity index (χ4n) is 11.7. The number of Topliss-reactive ketones (excluding diaryl/α,β-unsaturated/α-hetero) is 1. The second kappa shape index (κ2) is 24.0. The van der Waals surface area contributed by atoms with Gasteiger partial charge >= 0.3 is 17.9 Å². The summed E-state index contributed by atoms with van der Waals surface area (Å²) < 4.78 is 64.0. The number of fused-ring (bicyclic) bond motifs is 1. The van der Waals surface area contributed by atoms with Gasteiger partial charge in [-0.1, -0.05) is 53.7 Å². The first-order valence-corrected chi connectivity index (χ1v) is 26.3. The number of ether oxygens (including phenoxy) is 10. The molecule has 0 radical (unpaired) electrons. The van der Waals surface area contributed by atoms with Crippen LogP contribution in [0.2, 0.25) is 0 Å². The minimum atomic E-state index is -1.39. The number of hydrogen-bond acceptors (Lipinski definition) is 17. The van der Waals surface area contributed by atoms with E-state index in [0.29, 0.717) is 23.8 Å². The third-order valence-corrected chi connectivity index (χ3v) is 17.0. The minimum absolute atomic E-state index is 0.112. The molecule has 1 N–H and O–H groups in total. The van der Waals surface area contributed by atoms with E-state index in [1.54, 1.807) is 41.9 Å². The van der Waals surface area contributed by atoms with Crippen LogP contribution in [-0.4, -0.2) is 152 Å². The van der Waals surface area contributed by atoms with Crippen LogP contribution in [0.5, 0.6) is 5.75 Å². The molecule has 0 amide bonds. The van der Waals surface area contributed by atoms with Crippen molar-refractivity contribution < 1.29 is 71.7 Å². The molecule has 398 valence electrons. The smallest absolute Gasteiger partial charge is 0.320 e. The zero-order chi connectivity index (χ0) is 52.2. The number of ketones is 1. The van der Waals surface area contributed by atoms with E-state index in [4.69, 9.17) is 47.4 Å². The molecule has 16 nitrogen and oxygen atoms in total. The summed E-state index contributed by atoms with van der Waals surface area (Å²) in [4.78, 5) is 59.7. The molecule has 0 aromatic heterocycles. The lowest BCUT2D eigenvalue weighted by atomic mass is 9.70.